The lowest BCUT2D eigenvalue weighted by Gasteiger charge is -2.11. The summed E-state index contributed by atoms with van der Waals surface area (Å²) in [5.41, 5.74) is 0.0703. The Morgan fingerprint density at radius 3 is 2.61 bits per heavy atom. The molecule has 2 N–H and O–H groups in total. The van der Waals surface area contributed by atoms with Crippen LogP contribution in [-0.4, -0.2) is 49.6 Å². The lowest BCUT2D eigenvalue weighted by Crippen LogP contribution is -2.36. The molecule has 0 saturated carbocycles. The summed E-state index contributed by atoms with van der Waals surface area (Å²) in [6.45, 7) is -0.123. The van der Waals surface area contributed by atoms with Crippen molar-refractivity contribution in [3.8, 4) is 11.5 Å². The molecule has 6 nitrogen and oxygen atoms in total. The van der Waals surface area contributed by atoms with Gasteiger partial charge in [0.1, 0.15) is 11.5 Å². The number of aromatic hydroxyl groups is 1. The third-order valence-electron chi connectivity index (χ3n) is 2.35. The number of methoxy groups -OCH3 is 1. The number of amides is 2. The van der Waals surface area contributed by atoms with E-state index in [4.69, 9.17) is 4.74 Å². The second-order valence-corrected chi connectivity index (χ2v) is 3.85. The molecule has 0 heterocycles. The van der Waals surface area contributed by atoms with Crippen LogP contribution in [0.5, 0.6) is 11.5 Å². The number of hydrogen-bond donors (Lipinski definition) is 2. The minimum absolute atomic E-state index is 0.0703. The van der Waals surface area contributed by atoms with Crippen molar-refractivity contribution in [2.75, 3.05) is 27.7 Å². The summed E-state index contributed by atoms with van der Waals surface area (Å²) < 4.78 is 4.96. The third-order valence-corrected chi connectivity index (χ3v) is 2.35. The fourth-order valence-electron chi connectivity index (χ4n) is 1.23. The van der Waals surface area contributed by atoms with Gasteiger partial charge >= 0.3 is 0 Å². The topological polar surface area (TPSA) is 78.9 Å². The minimum Gasteiger partial charge on any atom is -0.507 e. The normalized spacial score (nSPS) is 9.72. The Labute approximate surface area is 105 Å². The molecule has 1 aromatic rings. The maximum absolute atomic E-state index is 11.8. The average Bonchev–Trinajstić information content (AvgIpc) is 2.35. The van der Waals surface area contributed by atoms with Crippen molar-refractivity contribution in [1.29, 1.82) is 0 Å². The van der Waals surface area contributed by atoms with Crippen molar-refractivity contribution in [3.05, 3.63) is 23.8 Å². The summed E-state index contributed by atoms with van der Waals surface area (Å²) in [5.74, 6) is -0.463. The van der Waals surface area contributed by atoms with Crippen LogP contribution in [0.1, 0.15) is 10.4 Å². The van der Waals surface area contributed by atoms with E-state index < -0.39 is 5.91 Å². The van der Waals surface area contributed by atoms with Crippen molar-refractivity contribution >= 4 is 11.8 Å². The molecule has 0 spiro atoms. The molecule has 0 aliphatic rings. The number of benzene rings is 1. The van der Waals surface area contributed by atoms with Gasteiger partial charge in [-0.2, -0.15) is 0 Å². The van der Waals surface area contributed by atoms with Gasteiger partial charge in [-0.3, -0.25) is 9.59 Å². The molecule has 0 aromatic heterocycles. The van der Waals surface area contributed by atoms with E-state index in [0.29, 0.717) is 5.75 Å². The minimum atomic E-state index is -0.526. The first kappa shape index (κ1) is 13.8. The van der Waals surface area contributed by atoms with Gasteiger partial charge in [-0.15, -0.1) is 0 Å². The number of rotatable bonds is 4. The quantitative estimate of drug-likeness (QED) is 0.803. The number of carbonyl (C=O) groups is 2. The molecule has 1 aromatic carbocycles. The van der Waals surface area contributed by atoms with Crippen molar-refractivity contribution < 1.29 is 19.4 Å². The van der Waals surface area contributed by atoms with E-state index in [9.17, 15) is 14.7 Å². The Hall–Kier alpha value is -2.24. The Morgan fingerprint density at radius 1 is 1.39 bits per heavy atom. The molecule has 6 heteroatoms. The van der Waals surface area contributed by atoms with Crippen LogP contribution in [0.3, 0.4) is 0 Å². The first-order valence-corrected chi connectivity index (χ1v) is 5.31. The van der Waals surface area contributed by atoms with Crippen LogP contribution in [0.15, 0.2) is 18.2 Å². The highest BCUT2D eigenvalue weighted by Gasteiger charge is 2.13. The molecule has 0 fully saturated rings. The molecule has 0 bridgehead atoms. The standard InChI is InChI=1S/C12H16N2O4/c1-14(2)11(16)7-13-12(17)9-6-8(18-3)4-5-10(9)15/h4-6,15H,7H2,1-3H3,(H,13,17). The highest BCUT2D eigenvalue weighted by atomic mass is 16.5. The second kappa shape index (κ2) is 5.90. The van der Waals surface area contributed by atoms with E-state index in [-0.39, 0.29) is 23.8 Å². The van der Waals surface area contributed by atoms with Crippen LogP contribution < -0.4 is 10.1 Å². The van der Waals surface area contributed by atoms with Gasteiger partial charge < -0.3 is 20.1 Å². The molecule has 0 aliphatic heterocycles. The Bertz CT molecular complexity index is 457. The zero-order chi connectivity index (χ0) is 13.7. The van der Waals surface area contributed by atoms with E-state index in [1.165, 1.54) is 30.2 Å². The molecule has 2 amide bonds. The molecular weight excluding hydrogens is 236 g/mol. The van der Waals surface area contributed by atoms with Crippen LogP contribution in [0.2, 0.25) is 0 Å². The summed E-state index contributed by atoms with van der Waals surface area (Å²) in [7, 11) is 4.65. The maximum Gasteiger partial charge on any atom is 0.255 e. The number of phenolic OH excluding ortho intramolecular Hbond substituents is 1. The number of nitrogens with zero attached hydrogens (tertiary/aromatic N) is 1. The van der Waals surface area contributed by atoms with Gasteiger partial charge in [0, 0.05) is 14.1 Å². The van der Waals surface area contributed by atoms with Crippen LogP contribution in [0, 0.1) is 0 Å². The summed E-state index contributed by atoms with van der Waals surface area (Å²) >= 11 is 0. The first-order chi connectivity index (χ1) is 8.45. The number of nitrogens with one attached hydrogen (secondary N) is 1. The lowest BCUT2D eigenvalue weighted by molar-refractivity contribution is -0.127. The summed E-state index contributed by atoms with van der Waals surface area (Å²) in [5, 5.41) is 12.0. The fourth-order valence-corrected chi connectivity index (χ4v) is 1.23. The average molecular weight is 252 g/mol. The molecule has 0 radical (unpaired) electrons. The number of carbonyl (C=O) groups excluding carboxylic acids is 2. The van der Waals surface area contributed by atoms with E-state index in [1.54, 1.807) is 14.1 Å². The molecule has 0 unspecified atom stereocenters. The van der Waals surface area contributed by atoms with Crippen LogP contribution in [0.4, 0.5) is 0 Å². The number of phenols is 1. The van der Waals surface area contributed by atoms with Crippen molar-refractivity contribution in [1.82, 2.24) is 10.2 Å². The smallest absolute Gasteiger partial charge is 0.255 e. The number of likely N-dealkylation sites (N-methyl/N-ethyl adjacent to an activating group) is 1. The number of ether oxygens (including phenoxy) is 1. The monoisotopic (exact) mass is 252 g/mol. The molecule has 1 rings (SSSR count). The summed E-state index contributed by atoms with van der Waals surface area (Å²) in [6, 6.07) is 4.31. The predicted octanol–water partition coefficient (Wildman–Crippen LogP) is 0.219. The molecule has 0 saturated heterocycles. The van der Waals surface area contributed by atoms with Gasteiger partial charge in [0.15, 0.2) is 0 Å². The van der Waals surface area contributed by atoms with Crippen molar-refractivity contribution in [2.24, 2.45) is 0 Å². The fraction of sp³-hybridized carbons (Fsp3) is 0.333. The van der Waals surface area contributed by atoms with Gasteiger partial charge in [-0.1, -0.05) is 0 Å². The van der Waals surface area contributed by atoms with Gasteiger partial charge in [-0.05, 0) is 18.2 Å². The molecular formula is C12H16N2O4. The van der Waals surface area contributed by atoms with Gasteiger partial charge in [0.25, 0.3) is 5.91 Å². The zero-order valence-corrected chi connectivity index (χ0v) is 10.6. The SMILES string of the molecule is COc1ccc(O)c(C(=O)NCC(=O)N(C)C)c1. The van der Waals surface area contributed by atoms with Crippen LogP contribution >= 0.6 is 0 Å². The summed E-state index contributed by atoms with van der Waals surface area (Å²) in [4.78, 5) is 24.4. The molecule has 18 heavy (non-hydrogen) atoms. The van der Waals surface area contributed by atoms with Crippen molar-refractivity contribution in [2.45, 2.75) is 0 Å². The second-order valence-electron chi connectivity index (χ2n) is 3.85. The highest BCUT2D eigenvalue weighted by molar-refractivity contribution is 5.99. The number of hydrogen-bond acceptors (Lipinski definition) is 4. The molecule has 0 atom stereocenters. The summed E-state index contributed by atoms with van der Waals surface area (Å²) in [6.07, 6.45) is 0. The largest absolute Gasteiger partial charge is 0.507 e. The first-order valence-electron chi connectivity index (χ1n) is 5.31. The van der Waals surface area contributed by atoms with Crippen LogP contribution in [0.25, 0.3) is 0 Å². The molecule has 0 aliphatic carbocycles. The zero-order valence-electron chi connectivity index (χ0n) is 10.6. The Morgan fingerprint density at radius 2 is 2.06 bits per heavy atom. The van der Waals surface area contributed by atoms with Gasteiger partial charge in [0.05, 0.1) is 19.2 Å². The molecule has 98 valence electrons. The van der Waals surface area contributed by atoms with Gasteiger partial charge in [0.2, 0.25) is 5.91 Å². The van der Waals surface area contributed by atoms with E-state index in [2.05, 4.69) is 5.32 Å². The lowest BCUT2D eigenvalue weighted by atomic mass is 10.1. The highest BCUT2D eigenvalue weighted by Crippen LogP contribution is 2.22. The van der Waals surface area contributed by atoms with Crippen LogP contribution in [-0.2, 0) is 4.79 Å². The predicted molar refractivity (Wildman–Crippen MR) is 65.7 cm³/mol. The third kappa shape index (κ3) is 3.38. The maximum atomic E-state index is 11.8. The van der Waals surface area contributed by atoms with E-state index in [0.717, 1.165) is 0 Å². The van der Waals surface area contributed by atoms with E-state index >= 15 is 0 Å². The van der Waals surface area contributed by atoms with Gasteiger partial charge in [-0.25, -0.2) is 0 Å². The Balaban J connectivity index is 2.75. The Kier molecular flexibility index (Phi) is 4.53. The van der Waals surface area contributed by atoms with E-state index in [1.807, 2.05) is 0 Å². The van der Waals surface area contributed by atoms with Crippen molar-refractivity contribution in [3.63, 3.8) is 0 Å².